The fourth-order valence-electron chi connectivity index (χ4n) is 1.92. The smallest absolute Gasteiger partial charge is 0.258 e. The minimum Gasteiger partial charge on any atom is -0.472 e. The number of nitrogens with one attached hydrogen (secondary N) is 1. The molecule has 0 unspecified atom stereocenters. The van der Waals surface area contributed by atoms with E-state index < -0.39 is 0 Å². The molecule has 0 bridgehead atoms. The molecule has 1 aliphatic heterocycles. The minimum absolute atomic E-state index is 0.103. The van der Waals surface area contributed by atoms with Gasteiger partial charge in [-0.3, -0.25) is 9.59 Å². The molecule has 0 fully saturated rings. The number of furan rings is 1. The molecule has 1 aromatic carbocycles. The lowest BCUT2D eigenvalue weighted by Crippen LogP contribution is -2.13. The molecule has 1 N–H and O–H groups in total. The molecule has 1 aliphatic rings. The molecule has 6 nitrogen and oxygen atoms in total. The molecule has 1 amide bonds. The van der Waals surface area contributed by atoms with Crippen LogP contribution in [-0.4, -0.2) is 18.5 Å². The van der Waals surface area contributed by atoms with Gasteiger partial charge in [0.05, 0.1) is 17.5 Å². The van der Waals surface area contributed by atoms with Gasteiger partial charge in [-0.25, -0.2) is 0 Å². The van der Waals surface area contributed by atoms with Crippen molar-refractivity contribution in [1.82, 2.24) is 0 Å². The highest BCUT2D eigenvalue weighted by Gasteiger charge is 2.20. The first-order valence-corrected chi connectivity index (χ1v) is 5.93. The first-order valence-electron chi connectivity index (χ1n) is 5.93. The van der Waals surface area contributed by atoms with Crippen molar-refractivity contribution < 1.29 is 23.5 Å². The number of hydrogen-bond donors (Lipinski definition) is 1. The van der Waals surface area contributed by atoms with E-state index in [-0.39, 0.29) is 18.5 Å². The number of carbonyl (C=O) groups is 2. The van der Waals surface area contributed by atoms with E-state index >= 15 is 0 Å². The zero-order valence-electron chi connectivity index (χ0n) is 10.6. The molecular weight excluding hydrogens is 262 g/mol. The molecule has 0 spiro atoms. The van der Waals surface area contributed by atoms with Crippen molar-refractivity contribution in [3.8, 4) is 11.5 Å². The van der Waals surface area contributed by atoms with Crippen LogP contribution in [0.25, 0.3) is 0 Å². The molecule has 0 saturated heterocycles. The Hall–Kier alpha value is -2.76. The molecule has 0 aliphatic carbocycles. The number of carbonyl (C=O) groups excluding carboxylic acids is 2. The van der Waals surface area contributed by atoms with Crippen LogP contribution >= 0.6 is 0 Å². The lowest BCUT2D eigenvalue weighted by atomic mass is 10.1. The second kappa shape index (κ2) is 4.73. The van der Waals surface area contributed by atoms with E-state index in [9.17, 15) is 9.59 Å². The molecular formula is C14H11NO5. The third-order valence-corrected chi connectivity index (χ3v) is 2.92. The van der Waals surface area contributed by atoms with E-state index in [0.29, 0.717) is 28.3 Å². The summed E-state index contributed by atoms with van der Waals surface area (Å²) in [5, 5.41) is 2.67. The number of ether oxygens (including phenoxy) is 2. The number of anilines is 1. The van der Waals surface area contributed by atoms with Crippen LogP contribution in [-0.2, 0) is 0 Å². The van der Waals surface area contributed by atoms with Crippen LogP contribution in [0.4, 0.5) is 5.69 Å². The molecule has 0 atom stereocenters. The van der Waals surface area contributed by atoms with Crippen molar-refractivity contribution in [3.63, 3.8) is 0 Å². The van der Waals surface area contributed by atoms with Gasteiger partial charge in [0, 0.05) is 11.6 Å². The highest BCUT2D eigenvalue weighted by Crippen LogP contribution is 2.37. The largest absolute Gasteiger partial charge is 0.472 e. The maximum Gasteiger partial charge on any atom is 0.258 e. The molecule has 0 radical (unpaired) electrons. The average molecular weight is 273 g/mol. The van der Waals surface area contributed by atoms with Crippen LogP contribution in [0.2, 0.25) is 0 Å². The Balaban J connectivity index is 1.96. The Labute approximate surface area is 114 Å². The van der Waals surface area contributed by atoms with E-state index in [4.69, 9.17) is 13.9 Å². The highest BCUT2D eigenvalue weighted by molar-refractivity contribution is 6.09. The van der Waals surface area contributed by atoms with Gasteiger partial charge in [-0.15, -0.1) is 0 Å². The van der Waals surface area contributed by atoms with E-state index in [1.807, 2.05) is 0 Å². The number of Topliss-reactive ketones (excluding diaryl/α,β-unsaturated/α-hetero) is 1. The van der Waals surface area contributed by atoms with Crippen LogP contribution in [0, 0.1) is 0 Å². The van der Waals surface area contributed by atoms with E-state index in [2.05, 4.69) is 5.32 Å². The normalized spacial score (nSPS) is 12.2. The van der Waals surface area contributed by atoms with E-state index in [0.717, 1.165) is 0 Å². The van der Waals surface area contributed by atoms with Gasteiger partial charge in [0.2, 0.25) is 6.79 Å². The van der Waals surface area contributed by atoms with Crippen molar-refractivity contribution in [2.75, 3.05) is 12.1 Å². The van der Waals surface area contributed by atoms with E-state index in [1.54, 1.807) is 12.1 Å². The molecule has 2 heterocycles. The second-order valence-electron chi connectivity index (χ2n) is 4.27. The van der Waals surface area contributed by atoms with Gasteiger partial charge in [-0.2, -0.15) is 0 Å². The van der Waals surface area contributed by atoms with Gasteiger partial charge in [-0.05, 0) is 19.1 Å². The summed E-state index contributed by atoms with van der Waals surface area (Å²) in [7, 11) is 0. The fraction of sp³-hybridized carbons (Fsp3) is 0.143. The maximum atomic E-state index is 12.0. The van der Waals surface area contributed by atoms with Crippen LogP contribution in [0.5, 0.6) is 11.5 Å². The number of rotatable bonds is 3. The summed E-state index contributed by atoms with van der Waals surface area (Å²) < 4.78 is 15.3. The number of amides is 1. The van der Waals surface area contributed by atoms with Crippen molar-refractivity contribution in [1.29, 1.82) is 0 Å². The predicted molar refractivity (Wildman–Crippen MR) is 69.2 cm³/mol. The van der Waals surface area contributed by atoms with Gasteiger partial charge in [0.1, 0.15) is 6.26 Å². The average Bonchev–Trinajstić information content (AvgIpc) is 3.08. The molecule has 0 saturated carbocycles. The highest BCUT2D eigenvalue weighted by atomic mass is 16.7. The quantitative estimate of drug-likeness (QED) is 0.869. The number of fused-ring (bicyclic) bond motifs is 1. The zero-order chi connectivity index (χ0) is 14.1. The molecule has 20 heavy (non-hydrogen) atoms. The Bertz CT molecular complexity index is 675. The molecule has 6 heteroatoms. The fourth-order valence-corrected chi connectivity index (χ4v) is 1.92. The van der Waals surface area contributed by atoms with Gasteiger partial charge >= 0.3 is 0 Å². The summed E-state index contributed by atoms with van der Waals surface area (Å²) in [6, 6.07) is 4.68. The first kappa shape index (κ1) is 12.3. The van der Waals surface area contributed by atoms with Crippen LogP contribution in [0.1, 0.15) is 27.6 Å². The zero-order valence-corrected chi connectivity index (χ0v) is 10.6. The topological polar surface area (TPSA) is 77.8 Å². The summed E-state index contributed by atoms with van der Waals surface area (Å²) >= 11 is 0. The first-order chi connectivity index (χ1) is 9.65. The van der Waals surface area contributed by atoms with Gasteiger partial charge < -0.3 is 19.2 Å². The van der Waals surface area contributed by atoms with Crippen LogP contribution in [0.3, 0.4) is 0 Å². The molecule has 102 valence electrons. The van der Waals surface area contributed by atoms with Crippen molar-refractivity contribution in [2.45, 2.75) is 6.92 Å². The number of benzene rings is 1. The molecule has 2 aromatic rings. The van der Waals surface area contributed by atoms with E-state index in [1.165, 1.54) is 25.5 Å². The molecule has 1 aromatic heterocycles. The monoisotopic (exact) mass is 273 g/mol. The maximum absolute atomic E-state index is 12.0. The van der Waals surface area contributed by atoms with Gasteiger partial charge in [-0.1, -0.05) is 0 Å². The number of hydrogen-bond acceptors (Lipinski definition) is 5. The van der Waals surface area contributed by atoms with Crippen LogP contribution in [0.15, 0.2) is 35.1 Å². The van der Waals surface area contributed by atoms with Crippen molar-refractivity contribution in [2.24, 2.45) is 0 Å². The third kappa shape index (κ3) is 2.11. The SMILES string of the molecule is CC(=O)c1cc2c(cc1NC(=O)c1ccoc1)OCO2. The Morgan fingerprint density at radius 1 is 1.20 bits per heavy atom. The summed E-state index contributed by atoms with van der Waals surface area (Å²) in [5.74, 6) is 0.458. The lowest BCUT2D eigenvalue weighted by molar-refractivity contribution is 0.101. The summed E-state index contributed by atoms with van der Waals surface area (Å²) in [6.07, 6.45) is 2.73. The van der Waals surface area contributed by atoms with Crippen LogP contribution < -0.4 is 14.8 Å². The van der Waals surface area contributed by atoms with Gasteiger partial charge in [0.25, 0.3) is 5.91 Å². The van der Waals surface area contributed by atoms with Crippen molar-refractivity contribution in [3.05, 3.63) is 41.9 Å². The number of ketones is 1. The predicted octanol–water partition coefficient (Wildman–Crippen LogP) is 2.46. The Kier molecular flexibility index (Phi) is 2.90. The van der Waals surface area contributed by atoms with Gasteiger partial charge in [0.15, 0.2) is 17.3 Å². The summed E-state index contributed by atoms with van der Waals surface area (Å²) in [4.78, 5) is 23.7. The third-order valence-electron chi connectivity index (χ3n) is 2.92. The summed E-state index contributed by atoms with van der Waals surface area (Å²) in [6.45, 7) is 1.52. The molecule has 3 rings (SSSR count). The second-order valence-corrected chi connectivity index (χ2v) is 4.27. The standard InChI is InChI=1S/C14H11NO5/c1-8(16)10-4-12-13(20-7-19-12)5-11(10)15-14(17)9-2-3-18-6-9/h2-6H,7H2,1H3,(H,15,17). The Morgan fingerprint density at radius 3 is 2.60 bits per heavy atom. The summed E-state index contributed by atoms with van der Waals surface area (Å²) in [5.41, 5.74) is 1.12. The Morgan fingerprint density at radius 2 is 1.95 bits per heavy atom. The minimum atomic E-state index is -0.361. The van der Waals surface area contributed by atoms with Crippen molar-refractivity contribution >= 4 is 17.4 Å². The lowest BCUT2D eigenvalue weighted by Gasteiger charge is -2.09.